The maximum Gasteiger partial charge on any atom is -0.0254 e. The van der Waals surface area contributed by atoms with Gasteiger partial charge in [0.1, 0.15) is 0 Å². The van der Waals surface area contributed by atoms with E-state index in [0.717, 1.165) is 25.7 Å². The summed E-state index contributed by atoms with van der Waals surface area (Å²) in [5.41, 5.74) is 15.9. The van der Waals surface area contributed by atoms with Gasteiger partial charge < -0.3 is 14.9 Å². The van der Waals surface area contributed by atoms with Crippen LogP contribution in [0.5, 0.6) is 0 Å². The summed E-state index contributed by atoms with van der Waals surface area (Å²) in [7, 11) is 0. The van der Waals surface area contributed by atoms with Crippen molar-refractivity contribution in [3.05, 3.63) is 268 Å². The van der Waals surface area contributed by atoms with E-state index in [9.17, 15) is 0 Å². The van der Waals surface area contributed by atoms with Crippen LogP contribution in [0.4, 0.5) is 0 Å². The number of fused-ring (bicyclic) bond motifs is 2. The first-order chi connectivity index (χ1) is 29.8. The Bertz CT molecular complexity index is 2510. The predicted octanol–water partition coefficient (Wildman–Crippen LogP) is 15.9. The van der Waals surface area contributed by atoms with Gasteiger partial charge in [0, 0.05) is 0 Å². The van der Waals surface area contributed by atoms with Crippen LogP contribution in [-0.2, 0) is 49.0 Å². The first-order valence-electron chi connectivity index (χ1n) is 20.8. The molecule has 0 aliphatic rings. The molecule has 0 saturated heterocycles. The third-order valence-electron chi connectivity index (χ3n) is 11.3. The van der Waals surface area contributed by atoms with E-state index >= 15 is 0 Å². The zero-order valence-electron chi connectivity index (χ0n) is 35.8. The Morgan fingerprint density at radius 1 is 0.306 bits per heavy atom. The van der Waals surface area contributed by atoms with Gasteiger partial charge in [-0.05, 0) is 47.9 Å². The molecule has 0 fully saturated rings. The molecule has 10 aromatic rings. The number of aryl methyl sites for hydroxylation is 4. The first-order valence-corrected chi connectivity index (χ1v) is 24.9. The fourth-order valence-corrected chi connectivity index (χ4v) is 8.35. The molecule has 0 amide bonds. The van der Waals surface area contributed by atoms with E-state index in [1.807, 2.05) is 0 Å². The molecule has 0 unspecified atom stereocenters. The first kappa shape index (κ1) is 45.6. The molecular weight excluding hydrogens is 840 g/mol. The molecule has 0 aliphatic heterocycles. The van der Waals surface area contributed by atoms with Crippen molar-refractivity contribution in [2.45, 2.75) is 25.7 Å². The molecule has 0 atom stereocenters. The van der Waals surface area contributed by atoms with Crippen molar-refractivity contribution in [2.75, 3.05) is 0 Å². The predicted molar refractivity (Wildman–Crippen MR) is 267 cm³/mol. The van der Waals surface area contributed by atoms with Crippen LogP contribution in [0.1, 0.15) is 22.3 Å². The second kappa shape index (κ2) is 22.8. The second-order valence-electron chi connectivity index (χ2n) is 15.1. The van der Waals surface area contributed by atoms with Crippen LogP contribution in [0.15, 0.2) is 231 Å². The van der Waals surface area contributed by atoms with Crippen molar-refractivity contribution in [1.82, 2.24) is 0 Å². The average molecular weight is 892 g/mol. The van der Waals surface area contributed by atoms with E-state index in [-0.39, 0.29) is 14.9 Å². The summed E-state index contributed by atoms with van der Waals surface area (Å²) >= 11 is 1.36. The fourth-order valence-electron chi connectivity index (χ4n) is 8.35. The minimum absolute atomic E-state index is 0. The van der Waals surface area contributed by atoms with Crippen molar-refractivity contribution in [1.29, 1.82) is 0 Å². The van der Waals surface area contributed by atoms with Gasteiger partial charge in [-0.2, -0.15) is 12.1 Å². The van der Waals surface area contributed by atoms with Gasteiger partial charge in [0.25, 0.3) is 0 Å². The Balaban J connectivity index is 0.000000193. The van der Waals surface area contributed by atoms with E-state index in [2.05, 4.69) is 237 Å². The van der Waals surface area contributed by atoms with E-state index in [1.54, 1.807) is 0 Å². The molecule has 0 nitrogen and oxygen atoms in total. The molecule has 2 heteroatoms. The van der Waals surface area contributed by atoms with Crippen molar-refractivity contribution in [3.63, 3.8) is 0 Å². The third kappa shape index (κ3) is 10.9. The van der Waals surface area contributed by atoms with Gasteiger partial charge in [-0.3, -0.25) is 0 Å². The maximum absolute atomic E-state index is 3.06. The number of hydrogen-bond donors (Lipinski definition) is 0. The van der Waals surface area contributed by atoms with Crippen LogP contribution >= 0.6 is 0 Å². The number of rotatable bonds is 10. The van der Waals surface area contributed by atoms with Gasteiger partial charge in [-0.25, -0.2) is 0 Å². The zero-order chi connectivity index (χ0) is 40.9. The average Bonchev–Trinajstić information content (AvgIpc) is 3.98. The van der Waals surface area contributed by atoms with E-state index < -0.39 is 0 Å². The number of hydrogen-bond acceptors (Lipinski definition) is 0. The maximum atomic E-state index is 3.06. The molecular formula is C60H52SiZr-4. The monoisotopic (exact) mass is 890 g/mol. The van der Waals surface area contributed by atoms with E-state index in [1.165, 1.54) is 112 Å². The van der Waals surface area contributed by atoms with Gasteiger partial charge in [-0.15, -0.1) is 44.8 Å². The smallest absolute Gasteiger partial charge is 0.0254 e. The summed E-state index contributed by atoms with van der Waals surface area (Å²) in [6.45, 7) is 3.06. The molecule has 0 spiro atoms. The molecule has 62 heavy (non-hydrogen) atoms. The van der Waals surface area contributed by atoms with Crippen molar-refractivity contribution in [2.24, 2.45) is 0 Å². The quantitative estimate of drug-likeness (QED) is 0.0948. The molecule has 0 saturated carbocycles. The minimum atomic E-state index is 0. The summed E-state index contributed by atoms with van der Waals surface area (Å²) in [6.07, 6.45) is 4.25. The molecule has 304 valence electrons. The summed E-state index contributed by atoms with van der Waals surface area (Å²) in [5.74, 6) is 0. The normalized spacial score (nSPS) is 10.4. The molecule has 0 aliphatic carbocycles. The Labute approximate surface area is 386 Å². The third-order valence-corrected chi connectivity index (χ3v) is 11.3. The van der Waals surface area contributed by atoms with Gasteiger partial charge in [0.15, 0.2) is 0 Å². The summed E-state index contributed by atoms with van der Waals surface area (Å²) in [4.78, 5) is 0. The van der Waals surface area contributed by atoms with E-state index in [0.29, 0.717) is 0 Å². The molecule has 0 heterocycles. The fraction of sp³-hybridized carbons (Fsp3) is 0.0667. The van der Waals surface area contributed by atoms with Crippen molar-refractivity contribution in [3.8, 4) is 44.5 Å². The topological polar surface area (TPSA) is 0 Å². The Morgan fingerprint density at radius 2 is 0.565 bits per heavy atom. The van der Waals surface area contributed by atoms with Gasteiger partial charge in [-0.1, -0.05) is 240 Å². The summed E-state index contributed by atoms with van der Waals surface area (Å²) in [6, 6.07) is 83.1. The molecule has 0 aromatic heterocycles. The van der Waals surface area contributed by atoms with Crippen LogP contribution in [0.25, 0.3) is 66.1 Å². The van der Waals surface area contributed by atoms with Gasteiger partial charge in [0.05, 0.1) is 0 Å². The van der Waals surface area contributed by atoms with Crippen LogP contribution in [0.2, 0.25) is 0 Å². The van der Waals surface area contributed by atoms with Gasteiger partial charge in [0.2, 0.25) is 0 Å². The second-order valence-corrected chi connectivity index (χ2v) is 15.1. The molecule has 10 aromatic carbocycles. The SMILES string of the molecule is [CH3-].[CH3-].[Si]=[Zr].c1ccc(CCc2cc3c(-c4ccccc4)ccc(-c4ccccc4)c3[cH-]2)cc1.c1ccc(CCc2cc3c(-c4ccccc4)ccc(-c4ccccc4)c3[cH-]2)cc1. The van der Waals surface area contributed by atoms with Crippen LogP contribution in [-0.4, -0.2) is 6.88 Å². The molecule has 0 N–H and O–H groups in total. The Hall–Kier alpha value is -5.92. The van der Waals surface area contributed by atoms with E-state index in [4.69, 9.17) is 0 Å². The Morgan fingerprint density at radius 3 is 0.871 bits per heavy atom. The zero-order valence-corrected chi connectivity index (χ0v) is 39.2. The van der Waals surface area contributed by atoms with Crippen LogP contribution < -0.4 is 0 Å². The standard InChI is InChI=1S/2C29H23.2CH3.Si.Zr/c2*1-4-10-22(11-5-1)16-17-23-20-28-26(24-12-6-2-7-13-24)18-19-27(29(28)21-23)25-14-8-3-9-15-25;;;;/h2*1-15,18-21H,16-17H2;2*1H3;;/q4*-1;;. The largest absolute Gasteiger partial charge is 0.164 e. The Kier molecular flexibility index (Phi) is 16.8. The summed E-state index contributed by atoms with van der Waals surface area (Å²) in [5, 5.41) is 5.39. The molecule has 10 rings (SSSR count). The molecule has 2 radical (unpaired) electrons. The number of benzene rings is 8. The van der Waals surface area contributed by atoms with Crippen molar-refractivity contribution >= 4 is 28.4 Å². The molecule has 0 bridgehead atoms. The van der Waals surface area contributed by atoms with Gasteiger partial charge >= 0.3 is 30.2 Å². The summed E-state index contributed by atoms with van der Waals surface area (Å²) < 4.78 is 0. The van der Waals surface area contributed by atoms with Crippen molar-refractivity contribution < 1.29 is 23.3 Å². The minimum Gasteiger partial charge on any atom is -0.164 e. The van der Waals surface area contributed by atoms with Crippen LogP contribution in [0, 0.1) is 14.9 Å². The van der Waals surface area contributed by atoms with Crippen LogP contribution in [0.3, 0.4) is 0 Å².